The lowest BCUT2D eigenvalue weighted by Gasteiger charge is -1.82. The van der Waals surface area contributed by atoms with E-state index >= 15 is 0 Å². The zero-order chi connectivity index (χ0) is 61.2. The summed E-state index contributed by atoms with van der Waals surface area (Å²) < 4.78 is 1.64. The van der Waals surface area contributed by atoms with Crippen molar-refractivity contribution in [1.29, 1.82) is 0 Å². The molecular weight excluding hydrogens is 963 g/mol. The third-order valence-corrected chi connectivity index (χ3v) is 6.06. The fourth-order valence-electron chi connectivity index (χ4n) is 3.10. The molecule has 0 radical (unpaired) electrons. The number of hydrogen-bond acceptors (Lipinski definition) is 15. The molecule has 9 heterocycles. The summed E-state index contributed by atoms with van der Waals surface area (Å²) in [5, 5.41) is 50.8. The Balaban J connectivity index is -0.0000000931. The molecule has 0 aliphatic heterocycles. The molecule has 0 amide bonds. The zero-order valence-corrected chi connectivity index (χ0v) is 52.9. The quantitative estimate of drug-likeness (QED) is 0.128. The van der Waals surface area contributed by atoms with Crippen LogP contribution >= 0.6 is 0 Å². The number of aromatic nitrogens is 19. The first kappa shape index (κ1) is 88.8. The Kier molecular flexibility index (Phi) is 98.0. The lowest BCUT2D eigenvalue weighted by atomic mass is 10.3. The zero-order valence-electron chi connectivity index (χ0n) is 52.9. The number of pyridine rings is 3. The lowest BCUT2D eigenvalue weighted by Crippen LogP contribution is -1.85. The van der Waals surface area contributed by atoms with Crippen LogP contribution in [0.5, 0.6) is 0 Å². The molecule has 0 fully saturated rings. The van der Waals surface area contributed by atoms with E-state index in [1.54, 1.807) is 79.0 Å². The molecule has 19 heteroatoms. The Labute approximate surface area is 468 Å². The Morgan fingerprint density at radius 1 is 0.325 bits per heavy atom. The maximum absolute atomic E-state index is 3.98. The molecule has 0 spiro atoms. The second kappa shape index (κ2) is 85.0. The second-order valence-corrected chi connectivity index (χ2v) is 11.7. The number of nitrogens with one attached hydrogen (secondary N) is 3. The smallest absolute Gasteiger partial charge is 0.0793 e. The molecule has 0 bridgehead atoms. The van der Waals surface area contributed by atoms with Crippen molar-refractivity contribution in [1.82, 2.24) is 96.6 Å². The van der Waals surface area contributed by atoms with Gasteiger partial charge in [0.15, 0.2) is 0 Å². The van der Waals surface area contributed by atoms with Gasteiger partial charge >= 0.3 is 0 Å². The van der Waals surface area contributed by atoms with Crippen molar-refractivity contribution in [3.05, 3.63) is 186 Å². The molecule has 434 valence electrons. The van der Waals surface area contributed by atoms with Crippen LogP contribution in [0.4, 0.5) is 0 Å². The first-order valence-electron chi connectivity index (χ1n) is 26.9. The van der Waals surface area contributed by atoms with Gasteiger partial charge in [0.05, 0.1) is 53.8 Å². The van der Waals surface area contributed by atoms with Gasteiger partial charge in [-0.2, -0.15) is 66.6 Å². The minimum atomic E-state index is 0.926. The SMILES string of the molecule is CC.CC.CC.CC.CC.CC.CC.CC.CC.Cc1ccccn1.Cc1cccnc1.Cc1cccnn1.Cc1ccncc1.Cc1ccnnc1.Cc1cn[nH]n1.Cc1cn[nH]n1.Cc1cn[nH]n1.Cn1ccnn1. The van der Waals surface area contributed by atoms with Crippen LogP contribution < -0.4 is 0 Å². The monoisotopic (exact) mass is 1070 g/mol. The van der Waals surface area contributed by atoms with Crippen LogP contribution in [0.25, 0.3) is 0 Å². The molecule has 9 aromatic rings. The van der Waals surface area contributed by atoms with E-state index in [4.69, 9.17) is 0 Å². The van der Waals surface area contributed by atoms with Gasteiger partial charge in [0.25, 0.3) is 0 Å². The predicted molar refractivity (Wildman–Crippen MR) is 327 cm³/mol. The van der Waals surface area contributed by atoms with Gasteiger partial charge in [0.1, 0.15) is 0 Å². The van der Waals surface area contributed by atoms with Crippen LogP contribution in [0.2, 0.25) is 0 Å². The summed E-state index contributed by atoms with van der Waals surface area (Å²) in [4.78, 5) is 11.7. The minimum absolute atomic E-state index is 0.926. The van der Waals surface area contributed by atoms with Crippen molar-refractivity contribution >= 4 is 0 Å². The van der Waals surface area contributed by atoms with Crippen LogP contribution in [0.3, 0.4) is 0 Å². The Bertz CT molecular complexity index is 1780. The van der Waals surface area contributed by atoms with Crippen molar-refractivity contribution in [3.8, 4) is 0 Å². The van der Waals surface area contributed by atoms with E-state index in [-0.39, 0.29) is 0 Å². The van der Waals surface area contributed by atoms with Gasteiger partial charge in [-0.05, 0) is 121 Å². The summed E-state index contributed by atoms with van der Waals surface area (Å²) in [6.07, 6.45) is 22.4. The van der Waals surface area contributed by atoms with E-state index in [1.807, 2.05) is 254 Å². The molecule has 19 nitrogen and oxygen atoms in total. The maximum Gasteiger partial charge on any atom is 0.0793 e. The standard InChI is InChI=1S/3C6H7N.2C5H6N2.4C3H5N3.9C2H6/c1-6-2-4-7-5-3-6;1-6-3-2-4-7-5-6;1-6-4-2-3-5-7-6;1-5-2-3-6-7-4-5;1-5-3-2-4-6-7-5;1-6-3-2-4-5-6;3*1-3-2-4-6-5-3;9*1-2/h3*2-5H,1H3;2*2-4H,1H3;2-3H,1H3;3*2H,1H3,(H,4,5,6);9*1-2H3. The summed E-state index contributed by atoms with van der Waals surface area (Å²) >= 11 is 0. The van der Waals surface area contributed by atoms with E-state index in [0.717, 1.165) is 34.0 Å². The van der Waals surface area contributed by atoms with Gasteiger partial charge in [-0.3, -0.25) is 19.6 Å². The fraction of sp³-hybridized carbons (Fsp3) is 0.466. The molecule has 0 aromatic carbocycles. The number of aromatic amines is 3. The Hall–Kier alpha value is -7.83. The molecule has 77 heavy (non-hydrogen) atoms. The van der Waals surface area contributed by atoms with Gasteiger partial charge in [0, 0.05) is 62.3 Å². The number of nitrogens with zero attached hydrogens (tertiary/aromatic N) is 16. The predicted octanol–water partition coefficient (Wildman–Crippen LogP) is 15.1. The summed E-state index contributed by atoms with van der Waals surface area (Å²) in [5.74, 6) is 0. The highest BCUT2D eigenvalue weighted by atomic mass is 15.4. The summed E-state index contributed by atoms with van der Waals surface area (Å²) in [6.45, 7) is 51.6. The summed E-state index contributed by atoms with van der Waals surface area (Å²) in [6, 6.07) is 19.4. The lowest BCUT2D eigenvalue weighted by molar-refractivity contribution is 0.715. The molecule has 9 rings (SSSR count). The van der Waals surface area contributed by atoms with Crippen LogP contribution in [-0.2, 0) is 7.05 Å². The second-order valence-electron chi connectivity index (χ2n) is 11.7. The third kappa shape index (κ3) is 82.4. The normalized spacial score (nSPS) is 7.42. The molecular formula is C58H107N19. The van der Waals surface area contributed by atoms with Gasteiger partial charge in [0.2, 0.25) is 0 Å². The van der Waals surface area contributed by atoms with Crippen molar-refractivity contribution in [2.45, 2.75) is 180 Å². The summed E-state index contributed by atoms with van der Waals surface area (Å²) in [7, 11) is 1.83. The van der Waals surface area contributed by atoms with E-state index in [0.29, 0.717) is 0 Å². The fourth-order valence-corrected chi connectivity index (χ4v) is 3.10. The van der Waals surface area contributed by atoms with Crippen molar-refractivity contribution in [2.24, 2.45) is 7.05 Å². The van der Waals surface area contributed by atoms with Crippen LogP contribution in [0, 0.1) is 55.4 Å². The van der Waals surface area contributed by atoms with E-state index in [9.17, 15) is 0 Å². The van der Waals surface area contributed by atoms with Gasteiger partial charge in [-0.25, -0.2) is 0 Å². The average molecular weight is 1070 g/mol. The molecule has 0 saturated heterocycles. The van der Waals surface area contributed by atoms with Gasteiger partial charge < -0.3 is 0 Å². The number of aryl methyl sites for hydroxylation is 9. The highest BCUT2D eigenvalue weighted by Gasteiger charge is 1.79. The van der Waals surface area contributed by atoms with Crippen LogP contribution in [0.1, 0.15) is 170 Å². The average Bonchev–Trinajstić information content (AvgIpc) is 4.39. The number of rotatable bonds is 0. The minimum Gasteiger partial charge on any atom is -0.265 e. The maximum atomic E-state index is 3.98. The van der Waals surface area contributed by atoms with Gasteiger partial charge in [-0.1, -0.05) is 142 Å². The first-order valence-corrected chi connectivity index (χ1v) is 26.9. The topological polar surface area (TPSA) is 246 Å². The first-order chi connectivity index (χ1) is 37.5. The molecule has 0 unspecified atom stereocenters. The highest BCUT2D eigenvalue weighted by molar-refractivity contribution is 5.06. The largest absolute Gasteiger partial charge is 0.265 e. The number of hydrogen-bond donors (Lipinski definition) is 3. The molecule has 0 atom stereocenters. The van der Waals surface area contributed by atoms with E-state index < -0.39 is 0 Å². The highest BCUT2D eigenvalue weighted by Crippen LogP contribution is 1.90. The Morgan fingerprint density at radius 2 is 0.766 bits per heavy atom. The van der Waals surface area contributed by atoms with Crippen LogP contribution in [-0.4, -0.2) is 96.6 Å². The van der Waals surface area contributed by atoms with Gasteiger partial charge in [-0.15, -0.1) is 5.10 Å². The molecule has 0 aliphatic rings. The van der Waals surface area contributed by atoms with Crippen LogP contribution in [0.15, 0.2) is 141 Å². The van der Waals surface area contributed by atoms with Crippen molar-refractivity contribution in [3.63, 3.8) is 0 Å². The van der Waals surface area contributed by atoms with E-state index in [1.165, 1.54) is 11.1 Å². The van der Waals surface area contributed by atoms with E-state index in [2.05, 4.69) is 91.9 Å². The third-order valence-electron chi connectivity index (χ3n) is 6.06. The molecule has 9 aromatic heterocycles. The molecule has 3 N–H and O–H groups in total. The number of H-pyrrole nitrogens is 3. The van der Waals surface area contributed by atoms with Crippen molar-refractivity contribution in [2.75, 3.05) is 0 Å². The molecule has 0 saturated carbocycles. The summed E-state index contributed by atoms with van der Waals surface area (Å²) in [5.41, 5.74) is 8.43. The Morgan fingerprint density at radius 3 is 0.922 bits per heavy atom. The van der Waals surface area contributed by atoms with Crippen molar-refractivity contribution < 1.29 is 0 Å². The molecule has 0 aliphatic carbocycles.